The van der Waals surface area contributed by atoms with E-state index in [1.54, 1.807) is 18.4 Å². The summed E-state index contributed by atoms with van der Waals surface area (Å²) in [6.45, 7) is 3.57. The van der Waals surface area contributed by atoms with Crippen molar-refractivity contribution in [3.05, 3.63) is 10.9 Å². The third kappa shape index (κ3) is 2.54. The molecule has 18 heavy (non-hydrogen) atoms. The number of nitrogens with one attached hydrogen (secondary N) is 1. The number of hydrogen-bond donors (Lipinski definition) is 1. The zero-order chi connectivity index (χ0) is 13.1. The average Bonchev–Trinajstić information content (AvgIpc) is 2.74. The predicted octanol–water partition coefficient (Wildman–Crippen LogP) is 2.12. The topological polar surface area (TPSA) is 50.3 Å². The van der Waals surface area contributed by atoms with E-state index in [0.29, 0.717) is 12.6 Å². The number of nitrogens with zero attached hydrogens (tertiary/aromatic N) is 3. The molecule has 0 atom stereocenters. The molecule has 0 aliphatic carbocycles. The van der Waals surface area contributed by atoms with Gasteiger partial charge >= 0.3 is 0 Å². The Morgan fingerprint density at radius 1 is 1.44 bits per heavy atom. The van der Waals surface area contributed by atoms with Gasteiger partial charge in [-0.25, -0.2) is 4.98 Å². The minimum atomic E-state index is 0.656. The highest BCUT2D eigenvalue weighted by Gasteiger charge is 2.13. The molecule has 0 amide bonds. The van der Waals surface area contributed by atoms with Gasteiger partial charge in [0.25, 0.3) is 0 Å². The van der Waals surface area contributed by atoms with Crippen molar-refractivity contribution in [2.45, 2.75) is 6.92 Å². The lowest BCUT2D eigenvalue weighted by Crippen LogP contribution is -2.23. The van der Waals surface area contributed by atoms with Crippen LogP contribution in [0.5, 0.6) is 0 Å². The maximum atomic E-state index is 5.11. The summed E-state index contributed by atoms with van der Waals surface area (Å²) in [6.07, 6.45) is 0. The molecule has 0 bridgehead atoms. The van der Waals surface area contributed by atoms with Crippen LogP contribution in [0, 0.1) is 6.92 Å². The Hall–Kier alpha value is -1.40. The summed E-state index contributed by atoms with van der Waals surface area (Å²) >= 11 is 1.69. The first-order chi connectivity index (χ1) is 8.65. The van der Waals surface area contributed by atoms with Crippen molar-refractivity contribution in [1.82, 2.24) is 9.97 Å². The molecule has 0 saturated heterocycles. The molecule has 2 rings (SSSR count). The number of hydrogen-bond acceptors (Lipinski definition) is 6. The fraction of sp³-hybridized carbons (Fsp3) is 0.500. The molecular weight excluding hydrogens is 248 g/mol. The van der Waals surface area contributed by atoms with Gasteiger partial charge in [-0.2, -0.15) is 4.98 Å². The molecule has 0 aliphatic rings. The Labute approximate surface area is 111 Å². The number of likely N-dealkylation sites (N-methyl/N-ethyl adjacent to an activating group) is 1. The molecule has 0 unspecified atom stereocenters. The summed E-state index contributed by atoms with van der Waals surface area (Å²) in [5, 5.41) is 4.11. The van der Waals surface area contributed by atoms with E-state index in [1.165, 1.54) is 4.88 Å². The highest BCUT2D eigenvalue weighted by atomic mass is 32.1. The maximum Gasteiger partial charge on any atom is 0.225 e. The van der Waals surface area contributed by atoms with Crippen LogP contribution in [0.2, 0.25) is 0 Å². The summed E-state index contributed by atoms with van der Waals surface area (Å²) in [4.78, 5) is 13.4. The van der Waals surface area contributed by atoms with E-state index < -0.39 is 0 Å². The van der Waals surface area contributed by atoms with E-state index in [2.05, 4.69) is 33.2 Å². The van der Waals surface area contributed by atoms with Crippen molar-refractivity contribution in [2.24, 2.45) is 0 Å². The third-order valence-electron chi connectivity index (χ3n) is 2.71. The highest BCUT2D eigenvalue weighted by Crippen LogP contribution is 2.31. The van der Waals surface area contributed by atoms with E-state index in [-0.39, 0.29) is 0 Å². The molecule has 0 aliphatic heterocycles. The molecule has 5 nitrogen and oxygen atoms in total. The number of aromatic nitrogens is 2. The average molecular weight is 266 g/mol. The zero-order valence-corrected chi connectivity index (χ0v) is 12.0. The monoisotopic (exact) mass is 266 g/mol. The first-order valence-electron chi connectivity index (χ1n) is 5.81. The molecule has 0 aromatic carbocycles. The van der Waals surface area contributed by atoms with E-state index in [1.807, 2.05) is 14.1 Å². The van der Waals surface area contributed by atoms with Gasteiger partial charge in [0.15, 0.2) is 0 Å². The number of aryl methyl sites for hydroxylation is 1. The summed E-state index contributed by atoms with van der Waals surface area (Å²) in [7, 11) is 5.56. The summed E-state index contributed by atoms with van der Waals surface area (Å²) < 4.78 is 5.11. The number of fused-ring (bicyclic) bond motifs is 1. The number of ether oxygens (including phenoxy) is 1. The minimum Gasteiger partial charge on any atom is -0.383 e. The summed E-state index contributed by atoms with van der Waals surface area (Å²) in [5.74, 6) is 1.61. The molecule has 1 N–H and O–H groups in total. The Kier molecular flexibility index (Phi) is 3.98. The lowest BCUT2D eigenvalue weighted by Gasteiger charge is -2.18. The van der Waals surface area contributed by atoms with Crippen LogP contribution >= 0.6 is 11.3 Å². The first kappa shape index (κ1) is 13.0. The Bertz CT molecular complexity index is 540. The van der Waals surface area contributed by atoms with E-state index in [0.717, 1.165) is 22.6 Å². The molecule has 6 heteroatoms. The van der Waals surface area contributed by atoms with Crippen molar-refractivity contribution in [2.75, 3.05) is 44.6 Å². The second-order valence-corrected chi connectivity index (χ2v) is 5.35. The van der Waals surface area contributed by atoms with Gasteiger partial charge in [0.1, 0.15) is 10.6 Å². The number of rotatable bonds is 5. The van der Waals surface area contributed by atoms with E-state index >= 15 is 0 Å². The van der Waals surface area contributed by atoms with Gasteiger partial charge in [-0.3, -0.25) is 0 Å². The Morgan fingerprint density at radius 3 is 2.89 bits per heavy atom. The van der Waals surface area contributed by atoms with Gasteiger partial charge < -0.3 is 15.0 Å². The third-order valence-corrected chi connectivity index (χ3v) is 3.66. The SMILES string of the molecule is CNc1nc(N(C)CCOC)c2cc(C)sc2n1. The lowest BCUT2D eigenvalue weighted by molar-refractivity contribution is 0.206. The van der Waals surface area contributed by atoms with Crippen molar-refractivity contribution < 1.29 is 4.74 Å². The molecule has 0 saturated carbocycles. The molecule has 2 aromatic rings. The van der Waals surface area contributed by atoms with Gasteiger partial charge in [0, 0.05) is 32.6 Å². The van der Waals surface area contributed by atoms with Crippen LogP contribution in [0.15, 0.2) is 6.07 Å². The van der Waals surface area contributed by atoms with Crippen LogP contribution in [0.3, 0.4) is 0 Å². The van der Waals surface area contributed by atoms with Crippen LogP contribution in [-0.2, 0) is 4.74 Å². The predicted molar refractivity (Wildman–Crippen MR) is 76.8 cm³/mol. The number of thiophene rings is 1. The number of methoxy groups -OCH3 is 1. The van der Waals surface area contributed by atoms with Crippen molar-refractivity contribution in [3.63, 3.8) is 0 Å². The van der Waals surface area contributed by atoms with E-state index in [4.69, 9.17) is 4.74 Å². The van der Waals surface area contributed by atoms with Gasteiger partial charge in [0.2, 0.25) is 5.95 Å². The van der Waals surface area contributed by atoms with Gasteiger partial charge in [-0.1, -0.05) is 0 Å². The van der Waals surface area contributed by atoms with Crippen molar-refractivity contribution in [3.8, 4) is 0 Å². The summed E-state index contributed by atoms with van der Waals surface area (Å²) in [5.41, 5.74) is 0. The standard InChI is InChI=1S/C12H18N4OS/c1-8-7-9-10(16(3)5-6-17-4)14-12(13-2)15-11(9)18-8/h7H,5-6H2,1-4H3,(H,13,14,15). The Morgan fingerprint density at radius 2 is 2.22 bits per heavy atom. The van der Waals surface area contributed by atoms with Crippen LogP contribution in [0.1, 0.15) is 4.88 Å². The molecule has 0 radical (unpaired) electrons. The van der Waals surface area contributed by atoms with Gasteiger partial charge in [-0.15, -0.1) is 11.3 Å². The first-order valence-corrected chi connectivity index (χ1v) is 6.63. The van der Waals surface area contributed by atoms with Crippen LogP contribution in [0.4, 0.5) is 11.8 Å². The van der Waals surface area contributed by atoms with Crippen molar-refractivity contribution in [1.29, 1.82) is 0 Å². The quantitative estimate of drug-likeness (QED) is 0.898. The normalized spacial score (nSPS) is 10.9. The van der Waals surface area contributed by atoms with Crippen LogP contribution < -0.4 is 10.2 Å². The second-order valence-electron chi connectivity index (χ2n) is 4.11. The van der Waals surface area contributed by atoms with Gasteiger partial charge in [0.05, 0.1) is 12.0 Å². The van der Waals surface area contributed by atoms with E-state index in [9.17, 15) is 0 Å². The Balaban J connectivity index is 2.45. The maximum absolute atomic E-state index is 5.11. The molecule has 2 heterocycles. The highest BCUT2D eigenvalue weighted by molar-refractivity contribution is 7.18. The largest absolute Gasteiger partial charge is 0.383 e. The molecule has 98 valence electrons. The van der Waals surface area contributed by atoms with Crippen LogP contribution in [-0.4, -0.2) is 44.3 Å². The smallest absolute Gasteiger partial charge is 0.225 e. The summed E-state index contributed by atoms with van der Waals surface area (Å²) in [6, 6.07) is 2.14. The second kappa shape index (κ2) is 5.49. The zero-order valence-electron chi connectivity index (χ0n) is 11.1. The fourth-order valence-electron chi connectivity index (χ4n) is 1.76. The van der Waals surface area contributed by atoms with Crippen molar-refractivity contribution >= 4 is 33.3 Å². The molecule has 0 fully saturated rings. The molecular formula is C12H18N4OS. The molecule has 2 aromatic heterocycles. The minimum absolute atomic E-state index is 0.656. The van der Waals surface area contributed by atoms with Crippen LogP contribution in [0.25, 0.3) is 10.2 Å². The lowest BCUT2D eigenvalue weighted by atomic mass is 10.3. The fourth-order valence-corrected chi connectivity index (χ4v) is 2.64. The number of anilines is 2. The molecule has 0 spiro atoms. The van der Waals surface area contributed by atoms with Gasteiger partial charge in [-0.05, 0) is 13.0 Å².